The first-order valence-corrected chi connectivity index (χ1v) is 7.94. The Morgan fingerprint density at radius 3 is 3.05 bits per heavy atom. The molecule has 2 N–H and O–H groups in total. The van der Waals surface area contributed by atoms with Crippen molar-refractivity contribution in [2.24, 2.45) is 5.92 Å². The minimum absolute atomic E-state index is 0.0888. The zero-order valence-electron chi connectivity index (χ0n) is 12.2. The van der Waals surface area contributed by atoms with Crippen LogP contribution in [0.1, 0.15) is 54.9 Å². The van der Waals surface area contributed by atoms with Crippen LogP contribution in [0.2, 0.25) is 0 Å². The van der Waals surface area contributed by atoms with E-state index in [0.717, 1.165) is 43.7 Å². The Kier molecular flexibility index (Phi) is 3.95. The van der Waals surface area contributed by atoms with Crippen molar-refractivity contribution in [2.75, 3.05) is 11.9 Å². The highest BCUT2D eigenvalue weighted by Gasteiger charge is 2.25. The van der Waals surface area contributed by atoms with Crippen LogP contribution >= 0.6 is 0 Å². The van der Waals surface area contributed by atoms with Crippen molar-refractivity contribution < 1.29 is 4.79 Å². The predicted molar refractivity (Wildman–Crippen MR) is 82.1 cm³/mol. The highest BCUT2D eigenvalue weighted by Crippen LogP contribution is 2.34. The van der Waals surface area contributed by atoms with E-state index in [4.69, 9.17) is 0 Å². The molecule has 0 aromatic heterocycles. The third-order valence-electron chi connectivity index (χ3n) is 4.45. The maximum Gasteiger partial charge on any atom is 0.251 e. The minimum Gasteiger partial charge on any atom is -0.385 e. The van der Waals surface area contributed by atoms with E-state index in [1.807, 2.05) is 12.1 Å². The molecule has 1 aromatic carbocycles. The number of fused-ring (bicyclic) bond motifs is 1. The number of aryl methyl sites for hydroxylation is 1. The van der Waals surface area contributed by atoms with Gasteiger partial charge < -0.3 is 10.6 Å². The lowest BCUT2D eigenvalue weighted by atomic mass is 10.00. The number of anilines is 1. The van der Waals surface area contributed by atoms with E-state index in [9.17, 15) is 4.79 Å². The summed E-state index contributed by atoms with van der Waals surface area (Å²) in [6, 6.07) is 6.38. The van der Waals surface area contributed by atoms with Crippen molar-refractivity contribution in [2.45, 2.75) is 51.5 Å². The molecule has 108 valence electrons. The van der Waals surface area contributed by atoms with Crippen LogP contribution in [-0.4, -0.2) is 18.5 Å². The first kappa shape index (κ1) is 13.5. The predicted octanol–water partition coefficient (Wildman–Crippen LogP) is 3.35. The molecule has 1 aromatic rings. The number of nitrogens with one attached hydrogen (secondary N) is 2. The summed E-state index contributed by atoms with van der Waals surface area (Å²) in [6.07, 6.45) is 7.08. The third kappa shape index (κ3) is 3.14. The monoisotopic (exact) mass is 272 g/mol. The van der Waals surface area contributed by atoms with E-state index in [1.165, 1.54) is 24.1 Å². The summed E-state index contributed by atoms with van der Waals surface area (Å²) < 4.78 is 0. The second-order valence-corrected chi connectivity index (χ2v) is 6.16. The summed E-state index contributed by atoms with van der Waals surface area (Å²) in [5.41, 5.74) is 3.28. The van der Waals surface area contributed by atoms with Gasteiger partial charge in [0.2, 0.25) is 0 Å². The van der Waals surface area contributed by atoms with Crippen LogP contribution in [0, 0.1) is 5.92 Å². The van der Waals surface area contributed by atoms with Gasteiger partial charge in [-0.3, -0.25) is 4.79 Å². The zero-order chi connectivity index (χ0) is 13.9. The molecule has 1 heterocycles. The van der Waals surface area contributed by atoms with Crippen LogP contribution in [-0.2, 0) is 6.42 Å². The highest BCUT2D eigenvalue weighted by molar-refractivity contribution is 5.95. The Bertz CT molecular complexity index is 494. The number of hydrogen-bond donors (Lipinski definition) is 2. The summed E-state index contributed by atoms with van der Waals surface area (Å²) in [7, 11) is 0. The van der Waals surface area contributed by atoms with Gasteiger partial charge in [-0.15, -0.1) is 0 Å². The summed E-state index contributed by atoms with van der Waals surface area (Å²) in [5, 5.41) is 6.59. The largest absolute Gasteiger partial charge is 0.385 e. The molecular formula is C17H24N2O. The highest BCUT2D eigenvalue weighted by atomic mass is 16.1. The lowest BCUT2D eigenvalue weighted by Gasteiger charge is -2.20. The Hall–Kier alpha value is -1.51. The van der Waals surface area contributed by atoms with Gasteiger partial charge in [-0.1, -0.05) is 19.8 Å². The fourth-order valence-corrected chi connectivity index (χ4v) is 2.97. The molecule has 2 aliphatic rings. The number of benzene rings is 1. The summed E-state index contributed by atoms with van der Waals surface area (Å²) >= 11 is 0. The molecule has 1 atom stereocenters. The van der Waals surface area contributed by atoms with Crippen LogP contribution in [0.25, 0.3) is 0 Å². The van der Waals surface area contributed by atoms with E-state index < -0.39 is 0 Å². The van der Waals surface area contributed by atoms with E-state index in [0.29, 0.717) is 6.04 Å². The molecule has 0 radical (unpaired) electrons. The van der Waals surface area contributed by atoms with Gasteiger partial charge in [0.05, 0.1) is 0 Å². The Morgan fingerprint density at radius 2 is 2.30 bits per heavy atom. The summed E-state index contributed by atoms with van der Waals surface area (Å²) in [5.74, 6) is 0.943. The summed E-state index contributed by atoms with van der Waals surface area (Å²) in [6.45, 7) is 3.20. The van der Waals surface area contributed by atoms with Crippen LogP contribution in [0.5, 0.6) is 0 Å². The second kappa shape index (κ2) is 5.86. The number of amides is 1. The van der Waals surface area contributed by atoms with Gasteiger partial charge in [-0.25, -0.2) is 0 Å². The number of carbonyl (C=O) groups is 1. The van der Waals surface area contributed by atoms with Gasteiger partial charge in [0, 0.05) is 23.8 Å². The van der Waals surface area contributed by atoms with Crippen molar-refractivity contribution in [1.29, 1.82) is 0 Å². The van der Waals surface area contributed by atoms with E-state index in [1.54, 1.807) is 0 Å². The van der Waals surface area contributed by atoms with Crippen LogP contribution in [0.15, 0.2) is 18.2 Å². The number of rotatable bonds is 5. The number of carbonyl (C=O) groups excluding carboxylic acids is 1. The van der Waals surface area contributed by atoms with Gasteiger partial charge in [-0.2, -0.15) is 0 Å². The van der Waals surface area contributed by atoms with Crippen molar-refractivity contribution in [1.82, 2.24) is 5.32 Å². The fraction of sp³-hybridized carbons (Fsp3) is 0.588. The van der Waals surface area contributed by atoms with Crippen LogP contribution < -0.4 is 10.6 Å². The third-order valence-corrected chi connectivity index (χ3v) is 4.45. The summed E-state index contributed by atoms with van der Waals surface area (Å²) in [4.78, 5) is 12.4. The first-order valence-electron chi connectivity index (χ1n) is 7.94. The lowest BCUT2D eigenvalue weighted by molar-refractivity contribution is 0.0932. The zero-order valence-corrected chi connectivity index (χ0v) is 12.2. The molecule has 3 nitrogen and oxygen atoms in total. The molecule has 1 unspecified atom stereocenters. The van der Waals surface area contributed by atoms with E-state index >= 15 is 0 Å². The molecule has 0 bridgehead atoms. The van der Waals surface area contributed by atoms with Crippen LogP contribution in [0.3, 0.4) is 0 Å². The molecule has 0 spiro atoms. The van der Waals surface area contributed by atoms with E-state index in [-0.39, 0.29) is 5.91 Å². The molecule has 1 aliphatic carbocycles. The standard InChI is InChI=1S/C17H24N2O/c1-2-15(10-12-5-6-12)19-17(20)14-7-8-16-13(11-14)4-3-9-18-16/h7-8,11-12,15,18H,2-6,9-10H2,1H3,(H,19,20). The minimum atomic E-state index is 0.0888. The molecule has 1 fully saturated rings. The molecule has 3 rings (SSSR count). The average molecular weight is 272 g/mol. The van der Waals surface area contributed by atoms with Gasteiger partial charge in [0.1, 0.15) is 0 Å². The first-order chi connectivity index (χ1) is 9.76. The quantitative estimate of drug-likeness (QED) is 0.863. The Morgan fingerprint density at radius 1 is 1.45 bits per heavy atom. The second-order valence-electron chi connectivity index (χ2n) is 6.16. The topological polar surface area (TPSA) is 41.1 Å². The van der Waals surface area contributed by atoms with Gasteiger partial charge in [0.25, 0.3) is 5.91 Å². The van der Waals surface area contributed by atoms with Gasteiger partial charge in [-0.05, 0) is 55.4 Å². The Labute approximate surface area is 121 Å². The molecule has 0 saturated heterocycles. The molecule has 1 amide bonds. The fourth-order valence-electron chi connectivity index (χ4n) is 2.97. The Balaban J connectivity index is 1.66. The van der Waals surface area contributed by atoms with Crippen molar-refractivity contribution >= 4 is 11.6 Å². The maximum absolute atomic E-state index is 12.4. The molecular weight excluding hydrogens is 248 g/mol. The van der Waals surface area contributed by atoms with Gasteiger partial charge in [0.15, 0.2) is 0 Å². The normalized spacial score (nSPS) is 18.9. The smallest absolute Gasteiger partial charge is 0.251 e. The molecule has 20 heavy (non-hydrogen) atoms. The van der Waals surface area contributed by atoms with Crippen LogP contribution in [0.4, 0.5) is 5.69 Å². The molecule has 3 heteroatoms. The van der Waals surface area contributed by atoms with Crippen molar-refractivity contribution in [3.8, 4) is 0 Å². The average Bonchev–Trinajstić information content (AvgIpc) is 3.30. The molecule has 1 aliphatic heterocycles. The van der Waals surface area contributed by atoms with Gasteiger partial charge >= 0.3 is 0 Å². The number of hydrogen-bond acceptors (Lipinski definition) is 2. The van der Waals surface area contributed by atoms with Crippen molar-refractivity contribution in [3.05, 3.63) is 29.3 Å². The van der Waals surface area contributed by atoms with E-state index in [2.05, 4.69) is 23.6 Å². The SMILES string of the molecule is CCC(CC1CC1)NC(=O)c1ccc2c(c1)CCCN2. The molecule has 1 saturated carbocycles. The van der Waals surface area contributed by atoms with Crippen molar-refractivity contribution in [3.63, 3.8) is 0 Å². The maximum atomic E-state index is 12.4. The lowest BCUT2D eigenvalue weighted by Crippen LogP contribution is -2.34.